The molecule has 0 aliphatic rings. The highest BCUT2D eigenvalue weighted by Crippen LogP contribution is 2.07. The van der Waals surface area contributed by atoms with Crippen molar-refractivity contribution in [2.75, 3.05) is 19.8 Å². The van der Waals surface area contributed by atoms with E-state index in [2.05, 4.69) is 25.5 Å². The average molecular weight is 433 g/mol. The third-order valence-electron chi connectivity index (χ3n) is 3.80. The second kappa shape index (κ2) is 27.4. The lowest BCUT2D eigenvalue weighted by molar-refractivity contribution is -0.144. The van der Waals surface area contributed by atoms with Gasteiger partial charge in [-0.15, -0.1) is 0 Å². The predicted molar refractivity (Wildman–Crippen MR) is 122 cm³/mol. The van der Waals surface area contributed by atoms with Gasteiger partial charge in [-0.1, -0.05) is 59.8 Å². The molecule has 30 heavy (non-hydrogen) atoms. The Morgan fingerprint density at radius 2 is 1.17 bits per heavy atom. The van der Waals surface area contributed by atoms with Gasteiger partial charge in [0.05, 0.1) is 19.8 Å². The van der Waals surface area contributed by atoms with E-state index in [0.29, 0.717) is 38.6 Å². The van der Waals surface area contributed by atoms with Crippen LogP contribution in [0, 0.1) is 5.92 Å². The van der Waals surface area contributed by atoms with Crippen molar-refractivity contribution in [3.05, 3.63) is 0 Å². The van der Waals surface area contributed by atoms with Crippen LogP contribution in [-0.2, 0) is 28.6 Å². The molecule has 180 valence electrons. The molecule has 0 aliphatic carbocycles. The number of rotatable bonds is 14. The third kappa shape index (κ3) is 37.2. The molecule has 0 aromatic heterocycles. The number of hydrogen-bond acceptors (Lipinski definition) is 6. The molecule has 0 aromatic carbocycles. The van der Waals surface area contributed by atoms with Crippen LogP contribution < -0.4 is 0 Å². The largest absolute Gasteiger partial charge is 0.466 e. The Hall–Kier alpha value is -1.59. The molecular formula is C24H48O6. The maximum atomic E-state index is 10.9. The van der Waals surface area contributed by atoms with Gasteiger partial charge >= 0.3 is 17.9 Å². The minimum absolute atomic E-state index is 0.0435. The number of carbonyl (C=O) groups excluding carboxylic acids is 3. The van der Waals surface area contributed by atoms with Gasteiger partial charge in [0.2, 0.25) is 0 Å². The van der Waals surface area contributed by atoms with Crippen LogP contribution in [0.1, 0.15) is 113 Å². The van der Waals surface area contributed by atoms with Crippen LogP contribution in [-0.4, -0.2) is 37.7 Å². The van der Waals surface area contributed by atoms with Crippen LogP contribution in [0.4, 0.5) is 0 Å². The van der Waals surface area contributed by atoms with Crippen molar-refractivity contribution in [1.82, 2.24) is 0 Å². The monoisotopic (exact) mass is 432 g/mol. The first-order chi connectivity index (χ1) is 14.2. The molecule has 6 heteroatoms. The first-order valence-electron chi connectivity index (χ1n) is 11.7. The molecule has 0 saturated heterocycles. The SMILES string of the molecule is CC(=O)OCCC(C)C.CCCC(=O)OCC.CCCCCCCCC(=O)OCC. The first kappa shape index (κ1) is 33.1. The van der Waals surface area contributed by atoms with E-state index in [4.69, 9.17) is 9.47 Å². The van der Waals surface area contributed by atoms with Crippen LogP contribution in [0.3, 0.4) is 0 Å². The molecule has 6 nitrogen and oxygen atoms in total. The molecule has 0 amide bonds. The van der Waals surface area contributed by atoms with E-state index in [0.717, 1.165) is 19.3 Å². The summed E-state index contributed by atoms with van der Waals surface area (Å²) in [6.07, 6.45) is 10.3. The molecule has 0 spiro atoms. The summed E-state index contributed by atoms with van der Waals surface area (Å²) in [4.78, 5) is 31.5. The van der Waals surface area contributed by atoms with E-state index in [1.165, 1.54) is 39.0 Å². The Morgan fingerprint density at radius 1 is 0.667 bits per heavy atom. The predicted octanol–water partition coefficient (Wildman–Crippen LogP) is 6.25. The van der Waals surface area contributed by atoms with E-state index in [-0.39, 0.29) is 17.9 Å². The minimum Gasteiger partial charge on any atom is -0.466 e. The van der Waals surface area contributed by atoms with E-state index in [1.54, 1.807) is 0 Å². The zero-order valence-corrected chi connectivity index (χ0v) is 20.7. The summed E-state index contributed by atoms with van der Waals surface area (Å²) in [6.45, 7) is 15.0. The Kier molecular flexibility index (Phi) is 30.2. The molecule has 0 saturated carbocycles. The number of esters is 3. The summed E-state index contributed by atoms with van der Waals surface area (Å²) >= 11 is 0. The quantitative estimate of drug-likeness (QED) is 0.183. The fourth-order valence-electron chi connectivity index (χ4n) is 2.16. The molecule has 0 fully saturated rings. The standard InChI is InChI=1S/C11H22O2.C7H14O2.C6H12O2/c1-3-5-6-7-8-9-10-11(12)13-4-2;1-6(2)4-5-9-7(3)8;1-3-5-6(7)8-4-2/h3-10H2,1-2H3;6H,4-5H2,1-3H3;3-5H2,1-2H3. The molecule has 0 bridgehead atoms. The molecule has 0 aliphatic heterocycles. The highest BCUT2D eigenvalue weighted by molar-refractivity contribution is 5.69. The fraction of sp³-hybridized carbons (Fsp3) is 0.875. The van der Waals surface area contributed by atoms with Gasteiger partial charge in [-0.2, -0.15) is 0 Å². The van der Waals surface area contributed by atoms with Crippen molar-refractivity contribution in [2.45, 2.75) is 113 Å². The second-order valence-electron chi connectivity index (χ2n) is 7.40. The van der Waals surface area contributed by atoms with E-state index < -0.39 is 0 Å². The van der Waals surface area contributed by atoms with Crippen LogP contribution in [0.5, 0.6) is 0 Å². The molecule has 0 atom stereocenters. The lowest BCUT2D eigenvalue weighted by Crippen LogP contribution is -2.03. The van der Waals surface area contributed by atoms with Gasteiger partial charge in [0, 0.05) is 19.8 Å². The Labute approximate surface area is 185 Å². The van der Waals surface area contributed by atoms with Crippen molar-refractivity contribution in [2.24, 2.45) is 5.92 Å². The molecule has 0 aromatic rings. The van der Waals surface area contributed by atoms with Crippen molar-refractivity contribution >= 4 is 17.9 Å². The second-order valence-corrected chi connectivity index (χ2v) is 7.40. The van der Waals surface area contributed by atoms with Gasteiger partial charge in [0.15, 0.2) is 0 Å². The summed E-state index contributed by atoms with van der Waals surface area (Å²) in [5, 5.41) is 0. The Bertz CT molecular complexity index is 385. The smallest absolute Gasteiger partial charge is 0.305 e. The zero-order chi connectivity index (χ0) is 23.6. The van der Waals surface area contributed by atoms with Gasteiger partial charge in [0.1, 0.15) is 0 Å². The van der Waals surface area contributed by atoms with E-state index in [1.807, 2.05) is 20.8 Å². The van der Waals surface area contributed by atoms with Crippen LogP contribution >= 0.6 is 0 Å². The third-order valence-corrected chi connectivity index (χ3v) is 3.80. The van der Waals surface area contributed by atoms with Crippen molar-refractivity contribution < 1.29 is 28.6 Å². The molecular weight excluding hydrogens is 384 g/mol. The van der Waals surface area contributed by atoms with Gasteiger partial charge < -0.3 is 14.2 Å². The Balaban J connectivity index is -0.000000379. The van der Waals surface area contributed by atoms with Crippen LogP contribution in [0.15, 0.2) is 0 Å². The van der Waals surface area contributed by atoms with Gasteiger partial charge in [-0.3, -0.25) is 14.4 Å². The van der Waals surface area contributed by atoms with Crippen molar-refractivity contribution in [3.8, 4) is 0 Å². The lowest BCUT2D eigenvalue weighted by Gasteiger charge is -2.02. The molecule has 0 radical (unpaired) electrons. The number of unbranched alkanes of at least 4 members (excludes halogenated alkanes) is 5. The molecule has 0 unspecified atom stereocenters. The summed E-state index contributed by atoms with van der Waals surface area (Å²) < 4.78 is 14.2. The minimum atomic E-state index is -0.185. The molecule has 0 rings (SSSR count). The van der Waals surface area contributed by atoms with Crippen LogP contribution in [0.25, 0.3) is 0 Å². The molecule has 0 N–H and O–H groups in total. The number of hydrogen-bond donors (Lipinski definition) is 0. The maximum Gasteiger partial charge on any atom is 0.305 e. The Morgan fingerprint density at radius 3 is 1.60 bits per heavy atom. The lowest BCUT2D eigenvalue weighted by atomic mass is 10.1. The summed E-state index contributed by atoms with van der Waals surface area (Å²) in [5.41, 5.74) is 0. The van der Waals surface area contributed by atoms with Gasteiger partial charge in [0.25, 0.3) is 0 Å². The average Bonchev–Trinajstić information content (AvgIpc) is 2.66. The van der Waals surface area contributed by atoms with Crippen molar-refractivity contribution in [3.63, 3.8) is 0 Å². The van der Waals surface area contributed by atoms with Crippen LogP contribution in [0.2, 0.25) is 0 Å². The van der Waals surface area contributed by atoms with Gasteiger partial charge in [-0.25, -0.2) is 0 Å². The molecule has 0 heterocycles. The zero-order valence-electron chi connectivity index (χ0n) is 20.7. The van der Waals surface area contributed by atoms with E-state index >= 15 is 0 Å². The summed E-state index contributed by atoms with van der Waals surface area (Å²) in [6, 6.07) is 0. The summed E-state index contributed by atoms with van der Waals surface area (Å²) in [5.74, 6) is 0.299. The topological polar surface area (TPSA) is 78.9 Å². The normalized spacial score (nSPS) is 9.60. The van der Waals surface area contributed by atoms with Crippen molar-refractivity contribution in [1.29, 1.82) is 0 Å². The highest BCUT2D eigenvalue weighted by atomic mass is 16.5. The maximum absolute atomic E-state index is 10.9. The van der Waals surface area contributed by atoms with Gasteiger partial charge in [-0.05, 0) is 39.0 Å². The number of ether oxygens (including phenoxy) is 3. The summed E-state index contributed by atoms with van der Waals surface area (Å²) in [7, 11) is 0. The van der Waals surface area contributed by atoms with E-state index in [9.17, 15) is 14.4 Å². The number of carbonyl (C=O) groups is 3. The fourth-order valence-corrected chi connectivity index (χ4v) is 2.16. The first-order valence-corrected chi connectivity index (χ1v) is 11.7. The highest BCUT2D eigenvalue weighted by Gasteiger charge is 2.00.